The molecule has 0 saturated heterocycles. The molecule has 0 aliphatic carbocycles. The molecule has 9 nitrogen and oxygen atoms in total. The molecule has 0 fully saturated rings. The highest BCUT2D eigenvalue weighted by molar-refractivity contribution is 7.85. The van der Waals surface area contributed by atoms with E-state index in [4.69, 9.17) is 20.8 Å². The Morgan fingerprint density at radius 1 is 1.36 bits per heavy atom. The molecular formula is C18H26N4O5S. The normalized spacial score (nSPS) is 15.9. The standard InChI is InChI=1S/C17H22N4O2.CH4O3S/c1-9(2)23-14-6-7-21-13(16(22)20-17(18)19)8-12-10(3)4-5-11(14)15(12)21;1-5(2,3)4/h4-5,8-9,14H,6-7H2,1-3H3,(H4,18,19,20,22);1H3,(H,2,3,4). The number of carbonyl (C=O) groups excluding carboxylic acids is 1. The van der Waals surface area contributed by atoms with E-state index in [2.05, 4.69) is 17.1 Å². The molecule has 10 heteroatoms. The molecule has 1 amide bonds. The van der Waals surface area contributed by atoms with Gasteiger partial charge in [-0.05, 0) is 38.8 Å². The fraction of sp³-hybridized carbons (Fsp3) is 0.444. The Hall–Kier alpha value is -2.43. The van der Waals surface area contributed by atoms with Crippen LogP contribution in [0.4, 0.5) is 0 Å². The number of aromatic nitrogens is 1. The molecular weight excluding hydrogens is 384 g/mol. The maximum Gasteiger partial charge on any atom is 0.296 e. The van der Waals surface area contributed by atoms with E-state index in [1.54, 1.807) is 0 Å². The van der Waals surface area contributed by atoms with Crippen molar-refractivity contribution >= 4 is 32.9 Å². The number of nitrogens with two attached hydrogens (primary N) is 2. The van der Waals surface area contributed by atoms with Gasteiger partial charge in [-0.15, -0.1) is 0 Å². The number of hydrogen-bond donors (Lipinski definition) is 3. The molecule has 1 aliphatic rings. The largest absolute Gasteiger partial charge is 0.371 e. The van der Waals surface area contributed by atoms with Gasteiger partial charge in [-0.2, -0.15) is 13.4 Å². The monoisotopic (exact) mass is 410 g/mol. The Morgan fingerprint density at radius 3 is 2.50 bits per heavy atom. The van der Waals surface area contributed by atoms with Crippen molar-refractivity contribution in [3.8, 4) is 0 Å². The average molecular weight is 410 g/mol. The number of rotatable bonds is 3. The van der Waals surface area contributed by atoms with Crippen LogP contribution < -0.4 is 11.5 Å². The van der Waals surface area contributed by atoms with E-state index in [1.165, 1.54) is 0 Å². The van der Waals surface area contributed by atoms with Gasteiger partial charge < -0.3 is 20.8 Å². The minimum atomic E-state index is -3.67. The average Bonchev–Trinajstić information content (AvgIpc) is 2.91. The molecule has 2 aromatic rings. The van der Waals surface area contributed by atoms with E-state index >= 15 is 0 Å². The zero-order valence-corrected chi connectivity index (χ0v) is 17.2. The molecule has 1 aromatic heterocycles. The first-order valence-electron chi connectivity index (χ1n) is 8.73. The van der Waals surface area contributed by atoms with Gasteiger partial charge in [0, 0.05) is 17.5 Å². The highest BCUT2D eigenvalue weighted by Crippen LogP contribution is 2.38. The van der Waals surface area contributed by atoms with Gasteiger partial charge in [-0.25, -0.2) is 0 Å². The Balaban J connectivity index is 0.000000500. The number of nitrogens with zero attached hydrogens (tertiary/aromatic N) is 2. The lowest BCUT2D eigenvalue weighted by Crippen LogP contribution is -2.25. The summed E-state index contributed by atoms with van der Waals surface area (Å²) in [4.78, 5) is 16.0. The highest BCUT2D eigenvalue weighted by atomic mass is 32.2. The SMILES string of the molecule is CS(=O)(=O)O.Cc1ccc2c3c1cc(C(=O)N=C(N)N)n3CCC2OC(C)C. The summed E-state index contributed by atoms with van der Waals surface area (Å²) >= 11 is 0. The lowest BCUT2D eigenvalue weighted by Gasteiger charge is -2.28. The molecule has 154 valence electrons. The Labute approximate surface area is 164 Å². The number of aryl methyl sites for hydroxylation is 2. The Morgan fingerprint density at radius 2 is 1.96 bits per heavy atom. The van der Waals surface area contributed by atoms with Crippen LogP contribution in [0.25, 0.3) is 10.9 Å². The number of carbonyl (C=O) groups is 1. The molecule has 3 rings (SSSR count). The van der Waals surface area contributed by atoms with Crippen LogP contribution in [0.15, 0.2) is 23.2 Å². The van der Waals surface area contributed by atoms with Gasteiger partial charge >= 0.3 is 0 Å². The van der Waals surface area contributed by atoms with E-state index in [0.29, 0.717) is 18.5 Å². The van der Waals surface area contributed by atoms with Crippen molar-refractivity contribution in [3.63, 3.8) is 0 Å². The second-order valence-electron chi connectivity index (χ2n) is 6.95. The first kappa shape index (κ1) is 21.9. The summed E-state index contributed by atoms with van der Waals surface area (Å²) in [6.07, 6.45) is 1.74. The second-order valence-corrected chi connectivity index (χ2v) is 8.42. The minimum absolute atomic E-state index is 0.0477. The highest BCUT2D eigenvalue weighted by Gasteiger charge is 2.27. The molecule has 1 unspecified atom stereocenters. The zero-order valence-electron chi connectivity index (χ0n) is 16.3. The molecule has 0 spiro atoms. The van der Waals surface area contributed by atoms with Crippen LogP contribution in [0.3, 0.4) is 0 Å². The van der Waals surface area contributed by atoms with E-state index in [9.17, 15) is 13.2 Å². The van der Waals surface area contributed by atoms with Crippen LogP contribution >= 0.6 is 0 Å². The maximum absolute atomic E-state index is 12.3. The van der Waals surface area contributed by atoms with E-state index in [-0.39, 0.29) is 18.2 Å². The third-order valence-electron chi connectivity index (χ3n) is 4.16. The van der Waals surface area contributed by atoms with Crippen molar-refractivity contribution in [1.29, 1.82) is 0 Å². The van der Waals surface area contributed by atoms with Gasteiger partial charge in [0.1, 0.15) is 5.69 Å². The van der Waals surface area contributed by atoms with Crippen molar-refractivity contribution in [2.75, 3.05) is 6.26 Å². The van der Waals surface area contributed by atoms with E-state index in [1.807, 2.05) is 31.4 Å². The van der Waals surface area contributed by atoms with Gasteiger partial charge in [0.25, 0.3) is 16.0 Å². The smallest absolute Gasteiger partial charge is 0.296 e. The van der Waals surface area contributed by atoms with Crippen molar-refractivity contribution < 1.29 is 22.5 Å². The molecule has 0 radical (unpaired) electrons. The lowest BCUT2D eigenvalue weighted by molar-refractivity contribution is -0.00239. The lowest BCUT2D eigenvalue weighted by atomic mass is 9.98. The molecule has 28 heavy (non-hydrogen) atoms. The van der Waals surface area contributed by atoms with E-state index in [0.717, 1.165) is 28.5 Å². The van der Waals surface area contributed by atoms with Gasteiger partial charge in [-0.1, -0.05) is 12.1 Å². The summed E-state index contributed by atoms with van der Waals surface area (Å²) in [5.74, 6) is -0.628. The molecule has 1 aliphatic heterocycles. The first-order chi connectivity index (χ1) is 12.9. The van der Waals surface area contributed by atoms with Crippen LogP contribution in [0, 0.1) is 6.92 Å². The summed E-state index contributed by atoms with van der Waals surface area (Å²) in [7, 11) is -3.67. The number of aliphatic imine (C=N–C) groups is 1. The molecule has 0 saturated carbocycles. The first-order valence-corrected chi connectivity index (χ1v) is 10.6. The van der Waals surface area contributed by atoms with Crippen LogP contribution in [0.2, 0.25) is 0 Å². The topological polar surface area (TPSA) is 150 Å². The maximum atomic E-state index is 12.3. The molecule has 1 aromatic carbocycles. The third kappa shape index (κ3) is 5.31. The Bertz CT molecular complexity index is 1010. The summed E-state index contributed by atoms with van der Waals surface area (Å²) in [6, 6.07) is 6.04. The number of amides is 1. The predicted molar refractivity (Wildman–Crippen MR) is 108 cm³/mol. The summed E-state index contributed by atoms with van der Waals surface area (Å²) in [5.41, 5.74) is 14.5. The number of ether oxygens (including phenoxy) is 1. The fourth-order valence-electron chi connectivity index (χ4n) is 3.26. The van der Waals surface area contributed by atoms with Crippen molar-refractivity contribution in [2.24, 2.45) is 16.5 Å². The van der Waals surface area contributed by atoms with Crippen LogP contribution in [0.5, 0.6) is 0 Å². The summed E-state index contributed by atoms with van der Waals surface area (Å²) in [6.45, 7) is 6.81. The quantitative estimate of drug-likeness (QED) is 0.396. The van der Waals surface area contributed by atoms with Gasteiger partial charge in [0.05, 0.1) is 24.0 Å². The van der Waals surface area contributed by atoms with Crippen molar-refractivity contribution in [1.82, 2.24) is 4.57 Å². The van der Waals surface area contributed by atoms with Crippen LogP contribution in [0.1, 0.15) is 48.0 Å². The van der Waals surface area contributed by atoms with Gasteiger partial charge in [0.2, 0.25) is 0 Å². The second kappa shape index (κ2) is 8.29. The minimum Gasteiger partial charge on any atom is -0.371 e. The third-order valence-corrected chi connectivity index (χ3v) is 4.16. The number of benzene rings is 1. The van der Waals surface area contributed by atoms with E-state index < -0.39 is 16.0 Å². The number of guanidine groups is 1. The molecule has 1 atom stereocenters. The summed E-state index contributed by atoms with van der Waals surface area (Å²) < 4.78 is 33.9. The molecule has 0 bridgehead atoms. The zero-order chi connectivity index (χ0) is 21.2. The van der Waals surface area contributed by atoms with Crippen LogP contribution in [-0.4, -0.2) is 41.8 Å². The van der Waals surface area contributed by atoms with Crippen molar-refractivity contribution in [3.05, 3.63) is 35.0 Å². The fourth-order valence-corrected chi connectivity index (χ4v) is 3.26. The summed E-state index contributed by atoms with van der Waals surface area (Å²) in [5, 5.41) is 1.05. The molecule has 2 heterocycles. The van der Waals surface area contributed by atoms with Crippen molar-refractivity contribution in [2.45, 2.75) is 45.9 Å². The van der Waals surface area contributed by atoms with Gasteiger partial charge in [0.15, 0.2) is 5.96 Å². The molecule has 5 N–H and O–H groups in total. The number of hydrogen-bond acceptors (Lipinski definition) is 4. The predicted octanol–water partition coefficient (Wildman–Crippen LogP) is 1.74. The Kier molecular flexibility index (Phi) is 6.48. The van der Waals surface area contributed by atoms with Crippen LogP contribution in [-0.2, 0) is 21.4 Å². The van der Waals surface area contributed by atoms with Gasteiger partial charge in [-0.3, -0.25) is 9.35 Å².